The molecule has 2 unspecified atom stereocenters. The van der Waals surface area contributed by atoms with Crippen molar-refractivity contribution < 1.29 is 22.7 Å². The van der Waals surface area contributed by atoms with Gasteiger partial charge in [-0.1, -0.05) is 31.2 Å². The molecule has 1 amide bonds. The van der Waals surface area contributed by atoms with Crippen molar-refractivity contribution in [2.45, 2.75) is 45.5 Å². The Morgan fingerprint density at radius 3 is 2.56 bits per heavy atom. The first kappa shape index (κ1) is 23.7. The first-order chi connectivity index (χ1) is 12.3. The molecule has 4 nitrogen and oxygen atoms in total. The predicted molar refractivity (Wildman–Crippen MR) is 101 cm³/mol. The Labute approximate surface area is 164 Å². The van der Waals surface area contributed by atoms with Gasteiger partial charge in [-0.15, -0.1) is 12.4 Å². The largest absolute Gasteiger partial charge is 0.411 e. The van der Waals surface area contributed by atoms with Gasteiger partial charge in [0.15, 0.2) is 0 Å². The molecule has 0 spiro atoms. The van der Waals surface area contributed by atoms with Crippen LogP contribution in [0.5, 0.6) is 0 Å². The average molecular weight is 409 g/mol. The summed E-state index contributed by atoms with van der Waals surface area (Å²) < 4.78 is 40.7. The Hall–Kier alpha value is -1.31. The van der Waals surface area contributed by atoms with E-state index in [2.05, 4.69) is 22.3 Å². The number of benzene rings is 1. The van der Waals surface area contributed by atoms with E-state index in [9.17, 15) is 18.0 Å². The summed E-state index contributed by atoms with van der Waals surface area (Å²) in [6.45, 7) is 3.24. The number of alkyl halides is 3. The number of halogens is 4. The van der Waals surface area contributed by atoms with Gasteiger partial charge >= 0.3 is 6.18 Å². The number of hydrogen-bond donors (Lipinski definition) is 2. The van der Waals surface area contributed by atoms with E-state index in [1.54, 1.807) is 24.3 Å². The van der Waals surface area contributed by atoms with Crippen molar-refractivity contribution in [3.8, 4) is 0 Å². The second-order valence-electron chi connectivity index (χ2n) is 6.99. The number of carbonyl (C=O) groups is 1. The van der Waals surface area contributed by atoms with Crippen LogP contribution in [0.4, 0.5) is 13.2 Å². The molecule has 1 aromatic carbocycles. The number of ether oxygens (including phenoxy) is 1. The number of piperidine rings is 1. The molecule has 1 fully saturated rings. The summed E-state index contributed by atoms with van der Waals surface area (Å²) >= 11 is 0. The summed E-state index contributed by atoms with van der Waals surface area (Å²) in [5.74, 6) is 0.919. The van der Waals surface area contributed by atoms with Gasteiger partial charge in [0, 0.05) is 13.0 Å². The molecule has 0 bridgehead atoms. The van der Waals surface area contributed by atoms with Crippen molar-refractivity contribution in [2.75, 3.05) is 19.7 Å². The first-order valence-electron chi connectivity index (χ1n) is 9.03. The van der Waals surface area contributed by atoms with E-state index in [0.29, 0.717) is 30.4 Å². The Balaban J connectivity index is 0.00000364. The summed E-state index contributed by atoms with van der Waals surface area (Å²) in [6.07, 6.45) is -1.47. The van der Waals surface area contributed by atoms with Crippen molar-refractivity contribution in [2.24, 2.45) is 11.8 Å². The van der Waals surface area contributed by atoms with E-state index >= 15 is 0 Å². The maximum Gasteiger partial charge on any atom is 0.411 e. The van der Waals surface area contributed by atoms with E-state index in [4.69, 9.17) is 0 Å². The average Bonchev–Trinajstić information content (AvgIpc) is 2.61. The van der Waals surface area contributed by atoms with Crippen molar-refractivity contribution >= 4 is 18.3 Å². The molecule has 1 aliphatic rings. The summed E-state index contributed by atoms with van der Waals surface area (Å²) in [4.78, 5) is 12.1. The SMILES string of the molecule is CC(CC(=O)NCc1ccc(COCC(F)(F)F)cc1)C1CCCNC1.Cl. The standard InChI is InChI=1S/C19H27F3N2O2.ClH/c1-14(17-3-2-8-23-11-17)9-18(25)24-10-15-4-6-16(7-5-15)12-26-13-19(20,21)22;/h4-7,14,17,23H,2-3,8-13H2,1H3,(H,24,25);1H. The third-order valence-electron chi connectivity index (χ3n) is 4.69. The van der Waals surface area contributed by atoms with Gasteiger partial charge < -0.3 is 15.4 Å². The molecule has 1 aromatic rings. The second kappa shape index (κ2) is 11.5. The summed E-state index contributed by atoms with van der Waals surface area (Å²) in [5.41, 5.74) is 1.58. The van der Waals surface area contributed by atoms with E-state index in [-0.39, 0.29) is 24.9 Å². The predicted octanol–water partition coefficient (Wildman–Crippen LogP) is 3.83. The zero-order valence-electron chi connectivity index (χ0n) is 15.5. The van der Waals surface area contributed by atoms with Crippen LogP contribution in [0.1, 0.15) is 37.3 Å². The van der Waals surface area contributed by atoms with Gasteiger partial charge in [0.2, 0.25) is 5.91 Å². The quantitative estimate of drug-likeness (QED) is 0.687. The monoisotopic (exact) mass is 408 g/mol. The Kier molecular flexibility index (Phi) is 10.1. The lowest BCUT2D eigenvalue weighted by Gasteiger charge is -2.28. The van der Waals surface area contributed by atoms with E-state index < -0.39 is 12.8 Å². The van der Waals surface area contributed by atoms with E-state index in [0.717, 1.165) is 25.1 Å². The molecule has 8 heteroatoms. The number of hydrogen-bond acceptors (Lipinski definition) is 3. The Morgan fingerprint density at radius 1 is 1.30 bits per heavy atom. The van der Waals surface area contributed by atoms with Gasteiger partial charge in [0.05, 0.1) is 6.61 Å². The lowest BCUT2D eigenvalue weighted by molar-refractivity contribution is -0.176. The fourth-order valence-electron chi connectivity index (χ4n) is 3.13. The molecule has 0 aliphatic carbocycles. The zero-order chi connectivity index (χ0) is 19.0. The summed E-state index contributed by atoms with van der Waals surface area (Å²) in [6, 6.07) is 7.02. The lowest BCUT2D eigenvalue weighted by Crippen LogP contribution is -2.35. The molecule has 27 heavy (non-hydrogen) atoms. The van der Waals surface area contributed by atoms with Crippen LogP contribution in [-0.2, 0) is 22.7 Å². The molecular formula is C19H28ClF3N2O2. The molecule has 0 aromatic heterocycles. The smallest absolute Gasteiger partial charge is 0.367 e. The highest BCUT2D eigenvalue weighted by Gasteiger charge is 2.27. The summed E-state index contributed by atoms with van der Waals surface area (Å²) in [7, 11) is 0. The van der Waals surface area contributed by atoms with Crippen molar-refractivity contribution in [3.63, 3.8) is 0 Å². The summed E-state index contributed by atoms with van der Waals surface area (Å²) in [5, 5.41) is 6.28. The minimum atomic E-state index is -4.31. The normalized spacial score (nSPS) is 18.4. The molecule has 0 radical (unpaired) electrons. The fraction of sp³-hybridized carbons (Fsp3) is 0.632. The van der Waals surface area contributed by atoms with Gasteiger partial charge in [0.1, 0.15) is 6.61 Å². The number of carbonyl (C=O) groups excluding carboxylic acids is 1. The highest BCUT2D eigenvalue weighted by atomic mass is 35.5. The fourth-order valence-corrected chi connectivity index (χ4v) is 3.13. The Bertz CT molecular complexity index is 561. The first-order valence-corrected chi connectivity index (χ1v) is 9.03. The van der Waals surface area contributed by atoms with Crippen LogP contribution < -0.4 is 10.6 Å². The second-order valence-corrected chi connectivity index (χ2v) is 6.99. The number of amides is 1. The van der Waals surface area contributed by atoms with Crippen LogP contribution in [0.15, 0.2) is 24.3 Å². The highest BCUT2D eigenvalue weighted by Crippen LogP contribution is 2.22. The highest BCUT2D eigenvalue weighted by molar-refractivity contribution is 5.85. The van der Waals surface area contributed by atoms with Crippen molar-refractivity contribution in [3.05, 3.63) is 35.4 Å². The van der Waals surface area contributed by atoms with Crippen LogP contribution >= 0.6 is 12.4 Å². The Morgan fingerprint density at radius 2 is 1.96 bits per heavy atom. The maximum absolute atomic E-state index is 12.1. The van der Waals surface area contributed by atoms with Crippen LogP contribution in [0.25, 0.3) is 0 Å². The molecule has 2 rings (SSSR count). The molecular weight excluding hydrogens is 381 g/mol. The zero-order valence-corrected chi connectivity index (χ0v) is 16.3. The van der Waals surface area contributed by atoms with Crippen LogP contribution in [0.2, 0.25) is 0 Å². The molecule has 1 heterocycles. The number of rotatable bonds is 8. The van der Waals surface area contributed by atoms with Gasteiger partial charge in [-0.3, -0.25) is 4.79 Å². The van der Waals surface area contributed by atoms with E-state index in [1.165, 1.54) is 6.42 Å². The third kappa shape index (κ3) is 9.44. The van der Waals surface area contributed by atoms with Crippen LogP contribution in [-0.4, -0.2) is 31.8 Å². The molecule has 154 valence electrons. The minimum Gasteiger partial charge on any atom is -0.367 e. The maximum atomic E-state index is 12.1. The van der Waals surface area contributed by atoms with Crippen LogP contribution in [0.3, 0.4) is 0 Å². The van der Waals surface area contributed by atoms with Crippen molar-refractivity contribution in [1.82, 2.24) is 10.6 Å². The molecule has 2 N–H and O–H groups in total. The van der Waals surface area contributed by atoms with Gasteiger partial charge in [-0.25, -0.2) is 0 Å². The van der Waals surface area contributed by atoms with Crippen molar-refractivity contribution in [1.29, 1.82) is 0 Å². The lowest BCUT2D eigenvalue weighted by atomic mass is 9.85. The molecule has 0 saturated carbocycles. The van der Waals surface area contributed by atoms with Gasteiger partial charge in [-0.05, 0) is 48.9 Å². The topological polar surface area (TPSA) is 50.4 Å². The van der Waals surface area contributed by atoms with Gasteiger partial charge in [-0.2, -0.15) is 13.2 Å². The molecule has 1 saturated heterocycles. The van der Waals surface area contributed by atoms with Crippen LogP contribution in [0, 0.1) is 11.8 Å². The minimum absolute atomic E-state index is 0. The third-order valence-corrected chi connectivity index (χ3v) is 4.69. The molecule has 1 aliphatic heterocycles. The van der Waals surface area contributed by atoms with Gasteiger partial charge in [0.25, 0.3) is 0 Å². The number of nitrogens with one attached hydrogen (secondary N) is 2. The van der Waals surface area contributed by atoms with E-state index in [1.807, 2.05) is 0 Å². The molecule has 2 atom stereocenters.